The molecular formula is C24H24N4O2S. The number of aryl methyl sites for hydroxylation is 3. The van der Waals surface area contributed by atoms with Gasteiger partial charge >= 0.3 is 0 Å². The maximum absolute atomic E-state index is 13.1. The molecule has 0 unspecified atom stereocenters. The summed E-state index contributed by atoms with van der Waals surface area (Å²) in [6.45, 7) is 6.24. The van der Waals surface area contributed by atoms with Crippen LogP contribution in [0.5, 0.6) is 0 Å². The molecule has 4 rings (SSSR count). The normalized spacial score (nSPS) is 11.5. The minimum absolute atomic E-state index is 0.172. The zero-order valence-electron chi connectivity index (χ0n) is 17.7. The fourth-order valence-electron chi connectivity index (χ4n) is 3.37. The molecule has 3 aromatic carbocycles. The van der Waals surface area contributed by atoms with Gasteiger partial charge in [0, 0.05) is 6.54 Å². The fraction of sp³-hybridized carbons (Fsp3) is 0.167. The Bertz CT molecular complexity index is 1350. The average Bonchev–Trinajstić information content (AvgIpc) is 2.73. The third kappa shape index (κ3) is 4.67. The van der Waals surface area contributed by atoms with Gasteiger partial charge in [0.2, 0.25) is 0 Å². The molecule has 0 aliphatic rings. The van der Waals surface area contributed by atoms with Gasteiger partial charge in [0.05, 0.1) is 15.9 Å². The van der Waals surface area contributed by atoms with Gasteiger partial charge in [-0.3, -0.25) is 4.72 Å². The summed E-state index contributed by atoms with van der Waals surface area (Å²) in [7, 11) is -3.83. The Kier molecular flexibility index (Phi) is 5.61. The molecule has 0 radical (unpaired) electrons. The van der Waals surface area contributed by atoms with Crippen LogP contribution in [0.1, 0.15) is 22.3 Å². The van der Waals surface area contributed by atoms with Gasteiger partial charge in [-0.15, -0.1) is 0 Å². The monoisotopic (exact) mass is 432 g/mol. The highest BCUT2D eigenvalue weighted by Crippen LogP contribution is 2.26. The molecule has 0 bridgehead atoms. The van der Waals surface area contributed by atoms with Gasteiger partial charge < -0.3 is 5.32 Å². The molecule has 0 aliphatic heterocycles. The van der Waals surface area contributed by atoms with Gasteiger partial charge in [0.1, 0.15) is 0 Å². The average molecular weight is 433 g/mol. The quantitative estimate of drug-likeness (QED) is 0.449. The van der Waals surface area contributed by atoms with Gasteiger partial charge in [0.25, 0.3) is 10.0 Å². The van der Waals surface area contributed by atoms with Crippen molar-refractivity contribution in [1.29, 1.82) is 0 Å². The highest BCUT2D eigenvalue weighted by molar-refractivity contribution is 7.92. The summed E-state index contributed by atoms with van der Waals surface area (Å²) in [5.41, 5.74) is 5.21. The Morgan fingerprint density at radius 1 is 0.774 bits per heavy atom. The van der Waals surface area contributed by atoms with E-state index in [-0.39, 0.29) is 10.7 Å². The zero-order chi connectivity index (χ0) is 22.0. The van der Waals surface area contributed by atoms with Crippen molar-refractivity contribution in [2.75, 3.05) is 10.0 Å². The van der Waals surface area contributed by atoms with Gasteiger partial charge in [0.15, 0.2) is 11.6 Å². The van der Waals surface area contributed by atoms with Gasteiger partial charge in [-0.2, -0.15) is 0 Å². The first-order valence-corrected chi connectivity index (χ1v) is 11.5. The number of nitrogens with one attached hydrogen (secondary N) is 2. The summed E-state index contributed by atoms with van der Waals surface area (Å²) in [4.78, 5) is 9.39. The van der Waals surface area contributed by atoms with Crippen molar-refractivity contribution in [3.05, 3.63) is 89.0 Å². The van der Waals surface area contributed by atoms with Crippen LogP contribution in [0.25, 0.3) is 11.0 Å². The smallest absolute Gasteiger partial charge is 0.263 e. The molecule has 0 atom stereocenters. The van der Waals surface area contributed by atoms with E-state index in [9.17, 15) is 8.42 Å². The highest BCUT2D eigenvalue weighted by atomic mass is 32.2. The molecule has 0 spiro atoms. The van der Waals surface area contributed by atoms with Gasteiger partial charge in [-0.25, -0.2) is 18.4 Å². The van der Waals surface area contributed by atoms with Crippen LogP contribution in [0.3, 0.4) is 0 Å². The van der Waals surface area contributed by atoms with Gasteiger partial charge in [-0.1, -0.05) is 59.7 Å². The summed E-state index contributed by atoms with van der Waals surface area (Å²) >= 11 is 0. The van der Waals surface area contributed by atoms with Crippen LogP contribution < -0.4 is 10.0 Å². The minimum Gasteiger partial charge on any atom is -0.363 e. The molecule has 4 aromatic rings. The largest absolute Gasteiger partial charge is 0.363 e. The molecule has 0 saturated heterocycles. The first kappa shape index (κ1) is 20.8. The molecule has 1 heterocycles. The van der Waals surface area contributed by atoms with Crippen molar-refractivity contribution < 1.29 is 8.42 Å². The van der Waals surface area contributed by atoms with E-state index < -0.39 is 10.0 Å². The molecule has 1 aromatic heterocycles. The predicted molar refractivity (Wildman–Crippen MR) is 125 cm³/mol. The molecule has 158 valence electrons. The third-order valence-electron chi connectivity index (χ3n) is 5.00. The van der Waals surface area contributed by atoms with E-state index in [1.54, 1.807) is 25.1 Å². The summed E-state index contributed by atoms with van der Waals surface area (Å²) in [6.07, 6.45) is 0. The molecule has 7 heteroatoms. The number of hydrogen-bond donors (Lipinski definition) is 2. The molecule has 0 saturated carbocycles. The summed E-state index contributed by atoms with van der Waals surface area (Å²) in [5.74, 6) is 0.554. The van der Waals surface area contributed by atoms with E-state index >= 15 is 0 Å². The second-order valence-corrected chi connectivity index (χ2v) is 9.27. The molecule has 2 N–H and O–H groups in total. The van der Waals surface area contributed by atoms with Crippen LogP contribution in [0, 0.1) is 20.8 Å². The lowest BCUT2D eigenvalue weighted by atomic mass is 10.1. The number of sulfonamides is 1. The molecule has 0 amide bonds. The first-order valence-electron chi connectivity index (χ1n) is 9.98. The van der Waals surface area contributed by atoms with Crippen molar-refractivity contribution in [2.24, 2.45) is 0 Å². The van der Waals surface area contributed by atoms with Crippen LogP contribution >= 0.6 is 0 Å². The van der Waals surface area contributed by atoms with Crippen molar-refractivity contribution in [1.82, 2.24) is 9.97 Å². The number of anilines is 2. The van der Waals surface area contributed by atoms with Crippen molar-refractivity contribution in [2.45, 2.75) is 32.2 Å². The van der Waals surface area contributed by atoms with Gasteiger partial charge in [-0.05, 0) is 50.1 Å². The van der Waals surface area contributed by atoms with Crippen LogP contribution in [0.15, 0.2) is 71.6 Å². The summed E-state index contributed by atoms with van der Waals surface area (Å²) in [5, 5.41) is 3.24. The Morgan fingerprint density at radius 2 is 1.39 bits per heavy atom. The fourth-order valence-corrected chi connectivity index (χ4v) is 4.61. The van der Waals surface area contributed by atoms with Crippen LogP contribution in [-0.2, 0) is 16.6 Å². The number of aromatic nitrogens is 2. The molecular weight excluding hydrogens is 408 g/mol. The number of rotatable bonds is 6. The van der Waals surface area contributed by atoms with E-state index in [1.165, 1.54) is 5.56 Å². The maximum Gasteiger partial charge on any atom is 0.263 e. The van der Waals surface area contributed by atoms with Crippen LogP contribution in [0.4, 0.5) is 11.6 Å². The standard InChI is InChI=1S/C24H24N4O2S/c1-16-8-11-19(12-9-16)15-25-23-24(27-21-7-5-4-6-20(21)26-23)28-31(29,30)22-13-10-17(2)14-18(22)3/h4-14H,15H2,1-3H3,(H,25,26)(H,27,28). The number of benzene rings is 3. The van der Waals surface area contributed by atoms with E-state index in [1.807, 2.05) is 62.4 Å². The lowest BCUT2D eigenvalue weighted by Gasteiger charge is -2.15. The Morgan fingerprint density at radius 3 is 2.03 bits per heavy atom. The SMILES string of the molecule is Cc1ccc(CNc2nc3ccccc3nc2NS(=O)(=O)c2ccc(C)cc2C)cc1. The summed E-state index contributed by atoms with van der Waals surface area (Å²) in [6, 6.07) is 20.7. The molecule has 0 aliphatic carbocycles. The van der Waals surface area contributed by atoms with E-state index in [0.29, 0.717) is 29.0 Å². The van der Waals surface area contributed by atoms with Crippen molar-refractivity contribution in [3.8, 4) is 0 Å². The number of nitrogens with zero attached hydrogens (tertiary/aromatic N) is 2. The highest BCUT2D eigenvalue weighted by Gasteiger charge is 2.20. The van der Waals surface area contributed by atoms with E-state index in [4.69, 9.17) is 0 Å². The third-order valence-corrected chi connectivity index (χ3v) is 6.50. The van der Waals surface area contributed by atoms with E-state index in [0.717, 1.165) is 11.1 Å². The lowest BCUT2D eigenvalue weighted by molar-refractivity contribution is 0.600. The van der Waals surface area contributed by atoms with E-state index in [2.05, 4.69) is 20.0 Å². The predicted octanol–water partition coefficient (Wildman–Crippen LogP) is 4.97. The molecule has 0 fully saturated rings. The maximum atomic E-state index is 13.1. The Labute approximate surface area is 182 Å². The number of fused-ring (bicyclic) bond motifs is 1. The summed E-state index contributed by atoms with van der Waals surface area (Å²) < 4.78 is 28.9. The Hall–Kier alpha value is -3.45. The van der Waals surface area contributed by atoms with Crippen molar-refractivity contribution >= 4 is 32.7 Å². The molecule has 31 heavy (non-hydrogen) atoms. The van der Waals surface area contributed by atoms with Crippen LogP contribution in [0.2, 0.25) is 0 Å². The lowest BCUT2D eigenvalue weighted by Crippen LogP contribution is -2.17. The minimum atomic E-state index is -3.83. The first-order chi connectivity index (χ1) is 14.8. The second kappa shape index (κ2) is 8.35. The second-order valence-electron chi connectivity index (χ2n) is 7.62. The number of hydrogen-bond acceptors (Lipinski definition) is 5. The Balaban J connectivity index is 1.71. The zero-order valence-corrected chi connectivity index (χ0v) is 18.5. The molecule has 6 nitrogen and oxygen atoms in total. The van der Waals surface area contributed by atoms with Crippen molar-refractivity contribution in [3.63, 3.8) is 0 Å². The van der Waals surface area contributed by atoms with Crippen LogP contribution in [-0.4, -0.2) is 18.4 Å². The number of para-hydroxylation sites is 2. The topological polar surface area (TPSA) is 84.0 Å².